The van der Waals surface area contributed by atoms with Gasteiger partial charge in [-0.1, -0.05) is 31.4 Å². The molecule has 0 aromatic heterocycles. The Bertz CT molecular complexity index is 399. The Kier molecular flexibility index (Phi) is 4.23. The number of nitrogens with zero attached hydrogens (tertiary/aromatic N) is 1. The lowest BCUT2D eigenvalue weighted by molar-refractivity contribution is 0.129. The first kappa shape index (κ1) is 12.8. The van der Waals surface area contributed by atoms with Crippen LogP contribution >= 0.6 is 0 Å². The zero-order valence-electron chi connectivity index (χ0n) is 11.6. The van der Waals surface area contributed by atoms with E-state index in [9.17, 15) is 0 Å². The van der Waals surface area contributed by atoms with E-state index in [1.807, 2.05) is 12.1 Å². The number of rotatable bonds is 2. The van der Waals surface area contributed by atoms with Crippen LogP contribution in [0.3, 0.4) is 0 Å². The van der Waals surface area contributed by atoms with Gasteiger partial charge in [0.2, 0.25) is 0 Å². The lowest BCUT2D eigenvalue weighted by Crippen LogP contribution is -2.42. The number of benzene rings is 1. The fraction of sp³-hybridized carbons (Fsp3) is 0.625. The van der Waals surface area contributed by atoms with Crippen molar-refractivity contribution in [2.24, 2.45) is 0 Å². The summed E-state index contributed by atoms with van der Waals surface area (Å²) >= 11 is 0. The summed E-state index contributed by atoms with van der Waals surface area (Å²) in [5.41, 5.74) is 1.13. The van der Waals surface area contributed by atoms with Gasteiger partial charge in [0, 0.05) is 6.54 Å². The van der Waals surface area contributed by atoms with Crippen molar-refractivity contribution in [1.29, 1.82) is 0 Å². The summed E-state index contributed by atoms with van der Waals surface area (Å²) in [6, 6.07) is 8.23. The normalized spacial score (nSPS) is 24.5. The van der Waals surface area contributed by atoms with Crippen molar-refractivity contribution in [3.8, 4) is 5.75 Å². The van der Waals surface area contributed by atoms with E-state index in [1.165, 1.54) is 45.2 Å². The van der Waals surface area contributed by atoms with Crippen molar-refractivity contribution in [3.63, 3.8) is 0 Å². The van der Waals surface area contributed by atoms with E-state index < -0.39 is 0 Å². The lowest BCUT2D eigenvalue weighted by Gasteiger charge is -2.32. The molecule has 0 aliphatic carbocycles. The number of ether oxygens (including phenoxy) is 1. The second-order valence-electron chi connectivity index (χ2n) is 5.69. The minimum atomic E-state index is 0.286. The highest BCUT2D eigenvalue weighted by Crippen LogP contribution is 2.28. The van der Waals surface area contributed by atoms with Gasteiger partial charge < -0.3 is 10.1 Å². The number of anilines is 1. The van der Waals surface area contributed by atoms with Gasteiger partial charge in [0.25, 0.3) is 0 Å². The van der Waals surface area contributed by atoms with Crippen LogP contribution in [0.1, 0.15) is 32.1 Å². The van der Waals surface area contributed by atoms with Gasteiger partial charge >= 0.3 is 0 Å². The first-order valence-corrected chi connectivity index (χ1v) is 7.64. The SMILES string of the molecule is c1ccc2c(c1)NCC(CN1CCCCCCC1)O2. The van der Waals surface area contributed by atoms with Crippen LogP contribution in [-0.2, 0) is 0 Å². The number of hydrogen-bond donors (Lipinski definition) is 1. The highest BCUT2D eigenvalue weighted by Gasteiger charge is 2.21. The number of fused-ring (bicyclic) bond motifs is 1. The predicted molar refractivity (Wildman–Crippen MR) is 78.9 cm³/mol. The first-order valence-electron chi connectivity index (χ1n) is 7.64. The van der Waals surface area contributed by atoms with E-state index in [4.69, 9.17) is 4.74 Å². The summed E-state index contributed by atoms with van der Waals surface area (Å²) in [6.07, 6.45) is 7.18. The van der Waals surface area contributed by atoms with E-state index in [1.54, 1.807) is 0 Å². The summed E-state index contributed by atoms with van der Waals surface area (Å²) in [5.74, 6) is 1.01. The topological polar surface area (TPSA) is 24.5 Å². The Hall–Kier alpha value is -1.22. The van der Waals surface area contributed by atoms with Crippen LogP contribution in [0.5, 0.6) is 5.75 Å². The van der Waals surface area contributed by atoms with Crippen molar-refractivity contribution in [2.45, 2.75) is 38.2 Å². The second kappa shape index (κ2) is 6.29. The molecule has 1 unspecified atom stereocenters. The third kappa shape index (κ3) is 3.41. The summed E-state index contributed by atoms with van der Waals surface area (Å²) < 4.78 is 6.10. The zero-order chi connectivity index (χ0) is 12.9. The van der Waals surface area contributed by atoms with Crippen LogP contribution in [0.2, 0.25) is 0 Å². The number of nitrogens with one attached hydrogen (secondary N) is 1. The molecule has 19 heavy (non-hydrogen) atoms. The fourth-order valence-corrected chi connectivity index (χ4v) is 3.05. The monoisotopic (exact) mass is 260 g/mol. The van der Waals surface area contributed by atoms with Crippen LogP contribution in [0.15, 0.2) is 24.3 Å². The maximum Gasteiger partial charge on any atom is 0.142 e. The van der Waals surface area contributed by atoms with Crippen molar-refractivity contribution < 1.29 is 4.74 Å². The van der Waals surface area contributed by atoms with E-state index in [-0.39, 0.29) is 6.10 Å². The Morgan fingerprint density at radius 2 is 1.79 bits per heavy atom. The smallest absolute Gasteiger partial charge is 0.142 e. The van der Waals surface area contributed by atoms with Crippen molar-refractivity contribution in [3.05, 3.63) is 24.3 Å². The maximum atomic E-state index is 6.10. The molecule has 1 saturated heterocycles. The third-order valence-electron chi connectivity index (χ3n) is 4.11. The molecular formula is C16H24N2O. The molecule has 3 heteroatoms. The highest BCUT2D eigenvalue weighted by molar-refractivity contribution is 5.57. The highest BCUT2D eigenvalue weighted by atomic mass is 16.5. The number of likely N-dealkylation sites (tertiary alicyclic amines) is 1. The van der Waals surface area contributed by atoms with Crippen LogP contribution in [0.25, 0.3) is 0 Å². The molecule has 2 heterocycles. The minimum Gasteiger partial charge on any atom is -0.485 e. The second-order valence-corrected chi connectivity index (χ2v) is 5.69. The molecule has 1 aromatic carbocycles. The Labute approximate surface area is 115 Å². The number of para-hydroxylation sites is 2. The molecule has 0 radical (unpaired) electrons. The average molecular weight is 260 g/mol. The summed E-state index contributed by atoms with van der Waals surface area (Å²) in [7, 11) is 0. The van der Waals surface area contributed by atoms with E-state index in [2.05, 4.69) is 22.3 Å². The van der Waals surface area contributed by atoms with E-state index in [0.717, 1.165) is 24.5 Å². The van der Waals surface area contributed by atoms with Crippen molar-refractivity contribution in [1.82, 2.24) is 4.90 Å². The van der Waals surface area contributed by atoms with Crippen LogP contribution in [0.4, 0.5) is 5.69 Å². The van der Waals surface area contributed by atoms with Gasteiger partial charge in [0.1, 0.15) is 11.9 Å². The molecule has 0 bridgehead atoms. The van der Waals surface area contributed by atoms with Gasteiger partial charge in [0.05, 0.1) is 12.2 Å². The molecule has 104 valence electrons. The molecule has 1 N–H and O–H groups in total. The molecule has 0 spiro atoms. The molecule has 0 amide bonds. The van der Waals surface area contributed by atoms with Gasteiger partial charge in [-0.15, -0.1) is 0 Å². The van der Waals surface area contributed by atoms with Crippen molar-refractivity contribution in [2.75, 3.05) is 31.5 Å². The van der Waals surface area contributed by atoms with Gasteiger partial charge in [-0.25, -0.2) is 0 Å². The molecule has 1 aromatic rings. The Balaban J connectivity index is 1.56. The van der Waals surface area contributed by atoms with Crippen LogP contribution < -0.4 is 10.1 Å². The van der Waals surface area contributed by atoms with E-state index in [0.29, 0.717) is 0 Å². The molecule has 1 fully saturated rings. The van der Waals surface area contributed by atoms with Gasteiger partial charge in [-0.3, -0.25) is 4.90 Å². The van der Waals surface area contributed by atoms with Gasteiger partial charge in [-0.05, 0) is 38.1 Å². The van der Waals surface area contributed by atoms with Crippen LogP contribution in [-0.4, -0.2) is 37.2 Å². The largest absolute Gasteiger partial charge is 0.485 e. The Morgan fingerprint density at radius 1 is 1.05 bits per heavy atom. The molecule has 3 nitrogen and oxygen atoms in total. The van der Waals surface area contributed by atoms with Crippen molar-refractivity contribution >= 4 is 5.69 Å². The minimum absolute atomic E-state index is 0.286. The van der Waals surface area contributed by atoms with Gasteiger partial charge in [-0.2, -0.15) is 0 Å². The quantitative estimate of drug-likeness (QED) is 0.884. The summed E-state index contributed by atoms with van der Waals surface area (Å²) in [6.45, 7) is 4.46. The summed E-state index contributed by atoms with van der Waals surface area (Å²) in [4.78, 5) is 2.58. The van der Waals surface area contributed by atoms with E-state index >= 15 is 0 Å². The third-order valence-corrected chi connectivity index (χ3v) is 4.11. The summed E-state index contributed by atoms with van der Waals surface area (Å²) in [5, 5.41) is 3.48. The molecule has 3 rings (SSSR count). The molecular weight excluding hydrogens is 236 g/mol. The molecule has 2 aliphatic heterocycles. The maximum absolute atomic E-state index is 6.10. The number of hydrogen-bond acceptors (Lipinski definition) is 3. The standard InChI is InChI=1S/C16H24N2O/c1-2-6-10-18(11-7-3-1)13-14-12-17-15-8-4-5-9-16(15)19-14/h4-5,8-9,14,17H,1-3,6-7,10-13H2. The first-order chi connectivity index (χ1) is 9.42. The van der Waals surface area contributed by atoms with Crippen LogP contribution in [0, 0.1) is 0 Å². The van der Waals surface area contributed by atoms with Gasteiger partial charge in [0.15, 0.2) is 0 Å². The average Bonchev–Trinajstić information content (AvgIpc) is 2.41. The predicted octanol–water partition coefficient (Wildman–Crippen LogP) is 3.13. The zero-order valence-corrected chi connectivity index (χ0v) is 11.6. The Morgan fingerprint density at radius 3 is 2.63 bits per heavy atom. The molecule has 0 saturated carbocycles. The fourth-order valence-electron chi connectivity index (χ4n) is 3.05. The molecule has 1 atom stereocenters. The lowest BCUT2D eigenvalue weighted by atomic mass is 10.1. The molecule has 2 aliphatic rings.